The fraction of sp³-hybridized carbons (Fsp3) is 0.286. The molecule has 3 heterocycles. The Morgan fingerprint density at radius 2 is 2.00 bits per heavy atom. The largest absolute Gasteiger partial charge is 0.618 e. The van der Waals surface area contributed by atoms with E-state index in [9.17, 15) is 5.21 Å². The number of nitrogens with two attached hydrogens (primary N) is 1. The molecule has 0 aromatic carbocycles. The molecule has 0 atom stereocenters. The molecule has 0 radical (unpaired) electrons. The Balaban J connectivity index is 2.18. The van der Waals surface area contributed by atoms with Crippen molar-refractivity contribution < 1.29 is 9.47 Å². The molecule has 8 nitrogen and oxygen atoms in total. The Morgan fingerprint density at radius 3 is 2.67 bits per heavy atom. The minimum Gasteiger partial charge on any atom is -0.618 e. The summed E-state index contributed by atoms with van der Waals surface area (Å²) in [4.78, 5) is 8.26. The fourth-order valence-electron chi connectivity index (χ4n) is 2.61. The lowest BCUT2D eigenvalue weighted by Crippen LogP contribution is -2.37. The van der Waals surface area contributed by atoms with Crippen molar-refractivity contribution in [3.05, 3.63) is 37.4 Å². The number of anilines is 1. The molecule has 0 bridgehead atoms. The normalized spacial score (nSPS) is 11.2. The van der Waals surface area contributed by atoms with Gasteiger partial charge in [0.05, 0.1) is 29.8 Å². The maximum atomic E-state index is 12.6. The van der Waals surface area contributed by atoms with Crippen molar-refractivity contribution in [3.63, 3.8) is 0 Å². The summed E-state index contributed by atoms with van der Waals surface area (Å²) in [7, 11) is 1.58. The molecule has 126 valence electrons. The number of hydrogen-bond acceptors (Lipinski definition) is 6. The number of halogens is 2. The number of pyridine rings is 1. The Bertz CT molecular complexity index is 957. The van der Waals surface area contributed by atoms with E-state index in [4.69, 9.17) is 10.5 Å². The van der Waals surface area contributed by atoms with Crippen LogP contribution in [-0.2, 0) is 6.54 Å². The SMILES string of the molecule is COc1c(C)c(Br)[n+]([O-])c(Cn2ncc3c(Br)nc(N)nc32)c1C. The summed E-state index contributed by atoms with van der Waals surface area (Å²) in [5.41, 5.74) is 8.25. The fourth-order valence-corrected chi connectivity index (χ4v) is 3.47. The zero-order chi connectivity index (χ0) is 17.6. The summed E-state index contributed by atoms with van der Waals surface area (Å²) in [5, 5.41) is 17.6. The van der Waals surface area contributed by atoms with Gasteiger partial charge in [0.1, 0.15) is 16.9 Å². The van der Waals surface area contributed by atoms with E-state index in [0.29, 0.717) is 26.3 Å². The molecule has 0 fully saturated rings. The molecule has 0 amide bonds. The van der Waals surface area contributed by atoms with Gasteiger partial charge >= 0.3 is 0 Å². The van der Waals surface area contributed by atoms with Crippen molar-refractivity contribution in [1.29, 1.82) is 0 Å². The molecule has 0 spiro atoms. The van der Waals surface area contributed by atoms with Crippen molar-refractivity contribution in [3.8, 4) is 5.75 Å². The van der Waals surface area contributed by atoms with Gasteiger partial charge in [0.25, 0.3) is 4.60 Å². The first-order chi connectivity index (χ1) is 11.3. The number of aromatic nitrogens is 5. The van der Waals surface area contributed by atoms with Crippen molar-refractivity contribution in [2.24, 2.45) is 0 Å². The van der Waals surface area contributed by atoms with Gasteiger partial charge in [-0.3, -0.25) is 0 Å². The van der Waals surface area contributed by atoms with Crippen LogP contribution in [0.5, 0.6) is 5.75 Å². The van der Waals surface area contributed by atoms with Gasteiger partial charge in [-0.2, -0.15) is 14.8 Å². The Morgan fingerprint density at radius 1 is 1.29 bits per heavy atom. The highest BCUT2D eigenvalue weighted by Crippen LogP contribution is 2.29. The predicted molar refractivity (Wildman–Crippen MR) is 95.7 cm³/mol. The van der Waals surface area contributed by atoms with Gasteiger partial charge in [0, 0.05) is 15.9 Å². The molecule has 0 saturated heterocycles. The summed E-state index contributed by atoms with van der Waals surface area (Å²) in [5.74, 6) is 0.793. The highest BCUT2D eigenvalue weighted by Gasteiger charge is 2.24. The standard InChI is InChI=1S/C14H14Br2N6O2/c1-6-9(22(23)12(16)7(2)10(6)24-3)5-21-13-8(4-18-21)11(15)19-14(17)20-13/h4H,5H2,1-3H3,(H2,17,19,20). The first-order valence-electron chi connectivity index (χ1n) is 6.94. The van der Waals surface area contributed by atoms with Crippen LogP contribution in [0.3, 0.4) is 0 Å². The highest BCUT2D eigenvalue weighted by molar-refractivity contribution is 9.10. The second-order valence-corrected chi connectivity index (χ2v) is 6.73. The Hall–Kier alpha value is -1.94. The lowest BCUT2D eigenvalue weighted by atomic mass is 10.1. The van der Waals surface area contributed by atoms with Crippen molar-refractivity contribution in [2.45, 2.75) is 20.4 Å². The molecule has 3 rings (SSSR count). The van der Waals surface area contributed by atoms with E-state index in [1.165, 1.54) is 0 Å². The second-order valence-electron chi connectivity index (χ2n) is 5.23. The summed E-state index contributed by atoms with van der Waals surface area (Å²) in [6, 6.07) is 0. The number of nitrogens with zero attached hydrogens (tertiary/aromatic N) is 5. The molecule has 0 aliphatic carbocycles. The Labute approximate surface area is 154 Å². The molecule has 3 aromatic rings. The molecule has 24 heavy (non-hydrogen) atoms. The lowest BCUT2D eigenvalue weighted by molar-refractivity contribution is -0.626. The smallest absolute Gasteiger partial charge is 0.266 e. The zero-order valence-electron chi connectivity index (χ0n) is 13.2. The predicted octanol–water partition coefficient (Wildman–Crippen LogP) is 2.24. The van der Waals surface area contributed by atoms with Crippen LogP contribution in [0.2, 0.25) is 0 Å². The molecule has 3 aromatic heterocycles. The molecular formula is C14H14Br2N6O2. The molecule has 0 aliphatic rings. The first kappa shape index (κ1) is 16.9. The molecule has 0 aliphatic heterocycles. The van der Waals surface area contributed by atoms with Crippen molar-refractivity contribution in [1.82, 2.24) is 19.7 Å². The number of fused-ring (bicyclic) bond motifs is 1. The molecule has 2 N–H and O–H groups in total. The molecule has 0 saturated carbocycles. The van der Waals surface area contributed by atoms with Gasteiger partial charge in [-0.25, -0.2) is 9.67 Å². The molecule has 0 unspecified atom stereocenters. The van der Waals surface area contributed by atoms with Gasteiger partial charge < -0.3 is 15.7 Å². The first-order valence-corrected chi connectivity index (χ1v) is 8.53. The average Bonchev–Trinajstić information content (AvgIpc) is 2.93. The van der Waals surface area contributed by atoms with Crippen LogP contribution in [0.4, 0.5) is 5.95 Å². The van der Waals surface area contributed by atoms with Crippen LogP contribution in [0.25, 0.3) is 11.0 Å². The van der Waals surface area contributed by atoms with Crippen LogP contribution < -0.4 is 15.2 Å². The third-order valence-corrected chi connectivity index (χ3v) is 5.34. The molecular weight excluding hydrogens is 444 g/mol. The maximum Gasteiger partial charge on any atom is 0.266 e. The number of rotatable bonds is 3. The van der Waals surface area contributed by atoms with Gasteiger partial charge in [-0.05, 0) is 29.8 Å². The third kappa shape index (κ3) is 2.59. The van der Waals surface area contributed by atoms with Crippen molar-refractivity contribution in [2.75, 3.05) is 12.8 Å². The van der Waals surface area contributed by atoms with E-state index in [1.807, 2.05) is 13.8 Å². The van der Waals surface area contributed by atoms with Gasteiger partial charge in [-0.1, -0.05) is 0 Å². The minimum absolute atomic E-state index is 0.130. The van der Waals surface area contributed by atoms with E-state index in [-0.39, 0.29) is 12.5 Å². The van der Waals surface area contributed by atoms with Crippen LogP contribution in [0, 0.1) is 19.1 Å². The van der Waals surface area contributed by atoms with E-state index >= 15 is 0 Å². The topological polar surface area (TPSA) is 106 Å². The lowest BCUT2D eigenvalue weighted by Gasteiger charge is -2.15. The minimum atomic E-state index is 0.130. The van der Waals surface area contributed by atoms with Crippen LogP contribution in [-0.4, -0.2) is 26.9 Å². The number of ether oxygens (including phenoxy) is 1. The summed E-state index contributed by atoms with van der Waals surface area (Å²) >= 11 is 6.66. The van der Waals surface area contributed by atoms with E-state index in [2.05, 4.69) is 46.9 Å². The maximum absolute atomic E-state index is 12.6. The summed E-state index contributed by atoms with van der Waals surface area (Å²) in [6.07, 6.45) is 1.63. The monoisotopic (exact) mass is 456 g/mol. The van der Waals surface area contributed by atoms with Crippen LogP contribution in [0.1, 0.15) is 16.8 Å². The average molecular weight is 458 g/mol. The van der Waals surface area contributed by atoms with Gasteiger partial charge in [0.2, 0.25) is 11.6 Å². The van der Waals surface area contributed by atoms with E-state index in [1.54, 1.807) is 18.0 Å². The van der Waals surface area contributed by atoms with E-state index in [0.717, 1.165) is 21.2 Å². The second kappa shape index (κ2) is 6.17. The molecule has 10 heteroatoms. The summed E-state index contributed by atoms with van der Waals surface area (Å²) in [6.45, 7) is 3.88. The van der Waals surface area contributed by atoms with Crippen LogP contribution >= 0.6 is 31.9 Å². The Kier molecular flexibility index (Phi) is 4.35. The van der Waals surface area contributed by atoms with Crippen LogP contribution in [0.15, 0.2) is 15.4 Å². The highest BCUT2D eigenvalue weighted by atomic mass is 79.9. The zero-order valence-corrected chi connectivity index (χ0v) is 16.3. The van der Waals surface area contributed by atoms with Gasteiger partial charge in [0.15, 0.2) is 5.65 Å². The third-order valence-electron chi connectivity index (χ3n) is 3.82. The van der Waals surface area contributed by atoms with Crippen molar-refractivity contribution >= 4 is 48.8 Å². The summed E-state index contributed by atoms with van der Waals surface area (Å²) < 4.78 is 8.84. The van der Waals surface area contributed by atoms with Gasteiger partial charge in [-0.15, -0.1) is 0 Å². The number of methoxy groups -OCH3 is 1. The number of nitrogen functional groups attached to an aromatic ring is 1. The van der Waals surface area contributed by atoms with E-state index < -0.39 is 0 Å². The number of hydrogen-bond donors (Lipinski definition) is 1. The quantitative estimate of drug-likeness (QED) is 0.280.